The maximum atomic E-state index is 11.5. The Bertz CT molecular complexity index is 924. The number of nitrogens with one attached hydrogen (secondary N) is 1. The molecule has 3 nitrogen and oxygen atoms in total. The summed E-state index contributed by atoms with van der Waals surface area (Å²) in [6, 6.07) is 12.9. The number of hydrogen-bond donors (Lipinski definition) is 2. The first-order valence-corrected chi connectivity index (χ1v) is 10.1. The number of fused-ring (bicyclic) bond motifs is 1. The fraction of sp³-hybridized carbons (Fsp3) is 0.176. The number of benzene rings is 2. The summed E-state index contributed by atoms with van der Waals surface area (Å²) in [4.78, 5) is 11.5. The van der Waals surface area contributed by atoms with Gasteiger partial charge in [-0.1, -0.05) is 47.7 Å². The summed E-state index contributed by atoms with van der Waals surface area (Å²) in [7, 11) is -1.61. The number of carbonyl (C=O) groups excluding carboxylic acids is 1. The van der Waals surface area contributed by atoms with Gasteiger partial charge in [0, 0.05) is 5.69 Å². The number of carbonyl (C=O) groups is 1. The number of hydrogen-bond acceptors (Lipinski definition) is 2. The Hall–Kier alpha value is -0.580. The molecule has 1 amide bonds. The zero-order valence-corrected chi connectivity index (χ0v) is 18.3. The van der Waals surface area contributed by atoms with Gasteiger partial charge in [0.1, 0.15) is 6.61 Å². The smallest absolute Gasteiger partial charge is 1.00 e. The van der Waals surface area contributed by atoms with Crippen molar-refractivity contribution in [2.75, 3.05) is 11.9 Å². The Labute approximate surface area is 173 Å². The summed E-state index contributed by atoms with van der Waals surface area (Å²) in [6.07, 6.45) is 0. The molecule has 2 heterocycles. The molecule has 3 aromatic rings. The molecular formula is C17H16Cl2NO2SiZr. The quantitative estimate of drug-likeness (QED) is 0.304. The molecule has 1 radical (unpaired) electrons. The van der Waals surface area contributed by atoms with Crippen LogP contribution in [-0.4, -0.2) is 25.7 Å². The van der Waals surface area contributed by atoms with Crippen LogP contribution in [0.4, 0.5) is 5.69 Å². The van der Waals surface area contributed by atoms with Gasteiger partial charge < -0.3 is 35.2 Å². The molecule has 0 aromatic heterocycles. The third-order valence-corrected chi connectivity index (χ3v) is 8.14. The molecule has 24 heavy (non-hydrogen) atoms. The molecular weight excluding hydrogens is 440 g/mol. The minimum Gasteiger partial charge on any atom is -1.00 e. The first-order chi connectivity index (χ1) is 10.0. The van der Waals surface area contributed by atoms with E-state index < -0.39 is 14.7 Å². The Balaban J connectivity index is 0.000000960. The van der Waals surface area contributed by atoms with Crippen molar-refractivity contribution in [3.63, 3.8) is 0 Å². The van der Waals surface area contributed by atoms with E-state index in [1.54, 1.807) is 0 Å². The van der Waals surface area contributed by atoms with Crippen molar-refractivity contribution in [1.82, 2.24) is 0 Å². The van der Waals surface area contributed by atoms with Crippen LogP contribution in [0.15, 0.2) is 36.4 Å². The summed E-state index contributed by atoms with van der Waals surface area (Å²) in [5.74, 6) is -0.336. The minimum atomic E-state index is -1.61. The zero-order chi connectivity index (χ0) is 14.8. The van der Waals surface area contributed by atoms with Gasteiger partial charge in [0.05, 0.1) is 8.07 Å². The monoisotopic (exact) mass is 454 g/mol. The second-order valence-electron chi connectivity index (χ2n) is 6.20. The number of amides is 1. The van der Waals surface area contributed by atoms with E-state index in [0.717, 1.165) is 5.69 Å². The van der Waals surface area contributed by atoms with Gasteiger partial charge in [-0.15, -0.1) is 33.7 Å². The average molecular weight is 457 g/mol. The van der Waals surface area contributed by atoms with Crippen LogP contribution in [0.2, 0.25) is 13.1 Å². The van der Waals surface area contributed by atoms with E-state index in [1.807, 2.05) is 0 Å². The summed E-state index contributed by atoms with van der Waals surface area (Å²) in [5.41, 5.74) is 0.938. The van der Waals surface area contributed by atoms with Crippen LogP contribution < -0.4 is 40.5 Å². The van der Waals surface area contributed by atoms with E-state index >= 15 is 0 Å². The van der Waals surface area contributed by atoms with Crippen LogP contribution in [0, 0.1) is 0 Å². The molecule has 2 N–H and O–H groups in total. The third kappa shape index (κ3) is 2.81. The molecule has 2 bridgehead atoms. The van der Waals surface area contributed by atoms with Crippen LogP contribution in [0.1, 0.15) is 0 Å². The second-order valence-corrected chi connectivity index (χ2v) is 10.5. The maximum absolute atomic E-state index is 11.5. The number of aliphatic hydroxyl groups excluding tert-OH is 1. The average Bonchev–Trinajstić information content (AvgIpc) is 2.84. The van der Waals surface area contributed by atoms with Gasteiger partial charge in [-0.05, 0) is 0 Å². The zero-order valence-electron chi connectivity index (χ0n) is 13.3. The van der Waals surface area contributed by atoms with E-state index in [1.165, 1.54) is 31.9 Å². The molecule has 0 saturated heterocycles. The van der Waals surface area contributed by atoms with E-state index in [-0.39, 0.29) is 56.9 Å². The van der Waals surface area contributed by atoms with Crippen LogP contribution in [0.3, 0.4) is 0 Å². The molecule has 0 aliphatic carbocycles. The van der Waals surface area contributed by atoms with Crippen molar-refractivity contribution in [2.45, 2.75) is 13.1 Å². The number of rotatable bonds is 2. The van der Waals surface area contributed by atoms with Crippen LogP contribution in [0.25, 0.3) is 21.5 Å². The molecule has 0 unspecified atom stereocenters. The van der Waals surface area contributed by atoms with Gasteiger partial charge in [0.2, 0.25) is 5.91 Å². The summed E-state index contributed by atoms with van der Waals surface area (Å²) in [5, 5.41) is 19.5. The van der Waals surface area contributed by atoms with E-state index in [9.17, 15) is 4.79 Å². The van der Waals surface area contributed by atoms with Crippen molar-refractivity contribution < 1.29 is 60.9 Å². The predicted octanol–water partition coefficient (Wildman–Crippen LogP) is -4.22. The predicted molar refractivity (Wildman–Crippen MR) is 89.5 cm³/mol. The first-order valence-electron chi connectivity index (χ1n) is 7.11. The molecule has 5 rings (SSSR count). The van der Waals surface area contributed by atoms with Gasteiger partial charge in [-0.2, -0.15) is 0 Å². The topological polar surface area (TPSA) is 49.3 Å². The molecule has 3 aromatic carbocycles. The number of halogens is 2. The Morgan fingerprint density at radius 1 is 1.21 bits per heavy atom. The third-order valence-electron chi connectivity index (χ3n) is 4.62. The van der Waals surface area contributed by atoms with Crippen molar-refractivity contribution in [3.8, 4) is 0 Å². The largest absolute Gasteiger partial charge is 3.00 e. The molecule has 7 heteroatoms. The van der Waals surface area contributed by atoms with Gasteiger partial charge in [-0.3, -0.25) is 4.79 Å². The standard InChI is InChI=1S/C17H16NO2Si.2ClH.Zr/c1-21(2)14-8-12-11-6-4-3-5-10(11)7-13(12)17(21)16(14)18-15(20)9-19;;;/h3-8,19H,9H2,1-2H3,(H,18,20);2*1H;/q-1;;;+3/p-2. The van der Waals surface area contributed by atoms with Crippen molar-refractivity contribution in [2.24, 2.45) is 0 Å². The summed E-state index contributed by atoms with van der Waals surface area (Å²) >= 11 is 0. The van der Waals surface area contributed by atoms with Crippen LogP contribution in [-0.2, 0) is 31.0 Å². The van der Waals surface area contributed by atoms with Gasteiger partial charge in [-0.25, -0.2) is 0 Å². The maximum Gasteiger partial charge on any atom is 3.00 e. The molecule has 0 atom stereocenters. The Morgan fingerprint density at radius 2 is 1.88 bits per heavy atom. The van der Waals surface area contributed by atoms with Crippen molar-refractivity contribution in [1.29, 1.82) is 0 Å². The molecule has 0 fully saturated rings. The first kappa shape index (κ1) is 21.5. The normalized spacial score (nSPS) is 13.3. The Kier molecular flexibility index (Phi) is 6.57. The number of aliphatic hydroxyl groups is 1. The molecule has 2 aliphatic heterocycles. The molecule has 123 valence electrons. The van der Waals surface area contributed by atoms with E-state index in [2.05, 4.69) is 54.8 Å². The second kappa shape index (κ2) is 7.35. The van der Waals surface area contributed by atoms with E-state index in [0.29, 0.717) is 0 Å². The minimum absolute atomic E-state index is 0. The fourth-order valence-electron chi connectivity index (χ4n) is 3.62. The van der Waals surface area contributed by atoms with Crippen molar-refractivity contribution in [3.05, 3.63) is 36.4 Å². The molecule has 0 saturated carbocycles. The van der Waals surface area contributed by atoms with E-state index in [4.69, 9.17) is 5.11 Å². The summed E-state index contributed by atoms with van der Waals surface area (Å²) < 4.78 is 0. The van der Waals surface area contributed by atoms with Crippen molar-refractivity contribution >= 4 is 51.6 Å². The SMILES string of the molecule is C[Si]1(C)c2cc3c([cH-]c4ccccc43)c1c2NC(=O)CO.[Cl-].[Cl-].[Zr+3]. The number of anilines is 1. The van der Waals surface area contributed by atoms with Gasteiger partial charge in [0.25, 0.3) is 0 Å². The molecule has 2 aliphatic rings. The van der Waals surface area contributed by atoms with Crippen LogP contribution in [0.5, 0.6) is 0 Å². The fourth-order valence-corrected chi connectivity index (χ4v) is 6.72. The van der Waals surface area contributed by atoms with Crippen LogP contribution >= 0.6 is 0 Å². The Morgan fingerprint density at radius 3 is 2.54 bits per heavy atom. The van der Waals surface area contributed by atoms with Gasteiger partial charge in [0.15, 0.2) is 0 Å². The summed E-state index contributed by atoms with van der Waals surface area (Å²) in [6.45, 7) is 4.15. The molecule has 0 spiro atoms. The van der Waals surface area contributed by atoms with Gasteiger partial charge >= 0.3 is 26.2 Å².